The fourth-order valence-electron chi connectivity index (χ4n) is 1.71. The normalized spacial score (nSPS) is 16.2. The van der Waals surface area contributed by atoms with Gasteiger partial charge in [0.25, 0.3) is 5.91 Å². The summed E-state index contributed by atoms with van der Waals surface area (Å²) in [6, 6.07) is 0.509. The summed E-state index contributed by atoms with van der Waals surface area (Å²) in [6.07, 6.45) is 0. The zero-order valence-corrected chi connectivity index (χ0v) is 13.3. The van der Waals surface area contributed by atoms with E-state index in [0.717, 1.165) is 7.11 Å². The van der Waals surface area contributed by atoms with Gasteiger partial charge in [-0.25, -0.2) is 4.79 Å². The lowest BCUT2D eigenvalue weighted by Crippen LogP contribution is -2.45. The maximum Gasteiger partial charge on any atom is 0.328 e. The number of halogens is 5. The number of hydrogen-bond acceptors (Lipinski definition) is 3. The Bertz CT molecular complexity index is 613. The van der Waals surface area contributed by atoms with Gasteiger partial charge in [-0.15, -0.1) is 0 Å². The molecule has 23 heavy (non-hydrogen) atoms. The van der Waals surface area contributed by atoms with Crippen molar-refractivity contribution in [1.29, 1.82) is 0 Å². The molecule has 1 aromatic rings. The van der Waals surface area contributed by atoms with Gasteiger partial charge in [0.1, 0.15) is 10.9 Å². The SMILES string of the molecule is COC(=O)C(NC(=O)c1ccc(S(F)(F)(F)(F)F)cc1)C(C)C. The zero-order valence-electron chi connectivity index (χ0n) is 12.5. The van der Waals surface area contributed by atoms with Crippen molar-refractivity contribution in [2.45, 2.75) is 24.8 Å². The molecule has 0 fully saturated rings. The zero-order chi connectivity index (χ0) is 18.1. The molecule has 0 aliphatic carbocycles. The van der Waals surface area contributed by atoms with E-state index in [1.54, 1.807) is 13.8 Å². The Hall–Kier alpha value is -1.84. The van der Waals surface area contributed by atoms with Crippen LogP contribution in [0.25, 0.3) is 0 Å². The van der Waals surface area contributed by atoms with Crippen LogP contribution in [0.2, 0.25) is 0 Å². The Balaban J connectivity index is 3.01. The quantitative estimate of drug-likeness (QED) is 0.629. The van der Waals surface area contributed by atoms with E-state index < -0.39 is 33.0 Å². The van der Waals surface area contributed by atoms with Gasteiger partial charge in [0.15, 0.2) is 0 Å². The number of esters is 1. The number of carbonyl (C=O) groups excluding carboxylic acids is 2. The summed E-state index contributed by atoms with van der Waals surface area (Å²) in [6.45, 7) is 3.25. The van der Waals surface area contributed by atoms with Gasteiger partial charge in [0.2, 0.25) is 0 Å². The second-order valence-electron chi connectivity index (χ2n) is 5.21. The molecule has 1 rings (SSSR count). The second kappa shape index (κ2) is 5.36. The molecule has 0 saturated carbocycles. The third-order valence-electron chi connectivity index (χ3n) is 2.97. The Labute approximate surface area is 129 Å². The number of carbonyl (C=O) groups is 2. The summed E-state index contributed by atoms with van der Waals surface area (Å²) in [4.78, 5) is 21.3. The summed E-state index contributed by atoms with van der Waals surface area (Å²) in [7, 11) is -8.66. The van der Waals surface area contributed by atoms with E-state index in [1.807, 2.05) is 0 Å². The van der Waals surface area contributed by atoms with Gasteiger partial charge in [-0.2, -0.15) is 0 Å². The van der Waals surface area contributed by atoms with Gasteiger partial charge in [0, 0.05) is 5.56 Å². The topological polar surface area (TPSA) is 55.4 Å². The predicted octanol–water partition coefficient (Wildman–Crippen LogP) is 4.27. The fraction of sp³-hybridized carbons (Fsp3) is 0.385. The minimum Gasteiger partial charge on any atom is -0.467 e. The number of hydrogen-bond donors (Lipinski definition) is 1. The van der Waals surface area contributed by atoms with Crippen LogP contribution in [0.5, 0.6) is 0 Å². The standard InChI is InChI=1S/C13H16F5NO3S/c1-8(2)11(13(21)22-3)19-12(20)9-4-6-10(7-5-9)23(14,15,16,17)18/h4-8,11H,1-3H3,(H,19,20). The number of nitrogens with one attached hydrogen (secondary N) is 1. The van der Waals surface area contributed by atoms with Crippen LogP contribution in [-0.4, -0.2) is 25.0 Å². The van der Waals surface area contributed by atoms with Crippen LogP contribution in [0.4, 0.5) is 19.4 Å². The largest absolute Gasteiger partial charge is 0.467 e. The molecule has 0 radical (unpaired) electrons. The highest BCUT2D eigenvalue weighted by atomic mass is 32.5. The predicted molar refractivity (Wildman–Crippen MR) is 75.9 cm³/mol. The van der Waals surface area contributed by atoms with Gasteiger partial charge >= 0.3 is 16.2 Å². The molecule has 1 atom stereocenters. The van der Waals surface area contributed by atoms with Crippen molar-refractivity contribution in [3.63, 3.8) is 0 Å². The molecule has 0 saturated heterocycles. The lowest BCUT2D eigenvalue weighted by atomic mass is 10.0. The van der Waals surface area contributed by atoms with E-state index >= 15 is 0 Å². The molecule has 0 aromatic heterocycles. The minimum atomic E-state index is -9.78. The third-order valence-corrected chi connectivity index (χ3v) is 4.13. The Kier molecular flexibility index (Phi) is 4.48. The first-order chi connectivity index (χ1) is 10.2. The van der Waals surface area contributed by atoms with Crippen LogP contribution in [0.1, 0.15) is 24.2 Å². The van der Waals surface area contributed by atoms with Gasteiger partial charge in [-0.05, 0) is 30.2 Å². The smallest absolute Gasteiger partial charge is 0.328 e. The fourth-order valence-corrected chi connectivity index (χ4v) is 2.36. The van der Waals surface area contributed by atoms with E-state index in [1.165, 1.54) is 0 Å². The number of amides is 1. The number of ether oxygens (including phenoxy) is 1. The van der Waals surface area contributed by atoms with E-state index in [2.05, 4.69) is 10.1 Å². The minimum absolute atomic E-state index is 0.138. The first-order valence-corrected chi connectivity index (χ1v) is 8.33. The molecular weight excluding hydrogens is 345 g/mol. The van der Waals surface area contributed by atoms with Crippen LogP contribution in [0.15, 0.2) is 29.2 Å². The Morgan fingerprint density at radius 3 is 1.87 bits per heavy atom. The average molecular weight is 361 g/mol. The van der Waals surface area contributed by atoms with Crippen molar-refractivity contribution < 1.29 is 33.8 Å². The van der Waals surface area contributed by atoms with Gasteiger partial charge in [-0.3, -0.25) is 4.79 Å². The lowest BCUT2D eigenvalue weighted by molar-refractivity contribution is -0.144. The molecule has 4 nitrogen and oxygen atoms in total. The lowest BCUT2D eigenvalue weighted by Gasteiger charge is -2.40. The first-order valence-electron chi connectivity index (χ1n) is 6.38. The highest BCUT2D eigenvalue weighted by Crippen LogP contribution is 3.02. The van der Waals surface area contributed by atoms with Crippen molar-refractivity contribution >= 4 is 22.1 Å². The molecule has 0 aliphatic rings. The Morgan fingerprint density at radius 1 is 1.04 bits per heavy atom. The van der Waals surface area contributed by atoms with Crippen molar-refractivity contribution in [3.8, 4) is 0 Å². The van der Waals surface area contributed by atoms with Crippen LogP contribution >= 0.6 is 10.2 Å². The summed E-state index contributed by atoms with van der Waals surface area (Å²) in [5.74, 6) is -1.94. The van der Waals surface area contributed by atoms with Crippen molar-refractivity contribution in [3.05, 3.63) is 29.8 Å². The van der Waals surface area contributed by atoms with Crippen LogP contribution in [0.3, 0.4) is 0 Å². The molecular formula is C13H16F5NO3S. The number of rotatable bonds is 5. The van der Waals surface area contributed by atoms with Crippen molar-refractivity contribution in [2.24, 2.45) is 5.92 Å². The van der Waals surface area contributed by atoms with Gasteiger partial charge in [-0.1, -0.05) is 33.3 Å². The van der Waals surface area contributed by atoms with Gasteiger partial charge < -0.3 is 10.1 Å². The molecule has 1 unspecified atom stereocenters. The van der Waals surface area contributed by atoms with Crippen LogP contribution < -0.4 is 5.32 Å². The molecule has 1 amide bonds. The third kappa shape index (κ3) is 5.08. The van der Waals surface area contributed by atoms with E-state index in [-0.39, 0.29) is 23.6 Å². The summed E-state index contributed by atoms with van der Waals surface area (Å²) in [5, 5.41) is 2.29. The molecule has 0 aliphatic heterocycles. The van der Waals surface area contributed by atoms with Crippen LogP contribution in [0, 0.1) is 5.92 Å². The molecule has 0 bridgehead atoms. The summed E-state index contributed by atoms with van der Waals surface area (Å²) >= 11 is 0. The van der Waals surface area contributed by atoms with E-state index in [4.69, 9.17) is 0 Å². The highest BCUT2D eigenvalue weighted by molar-refractivity contribution is 8.45. The van der Waals surface area contributed by atoms with E-state index in [9.17, 15) is 29.0 Å². The number of methoxy groups -OCH3 is 1. The molecule has 10 heteroatoms. The Morgan fingerprint density at radius 2 is 1.52 bits per heavy atom. The molecule has 0 heterocycles. The maximum atomic E-state index is 12.6. The monoisotopic (exact) mass is 361 g/mol. The van der Waals surface area contributed by atoms with Gasteiger partial charge in [0.05, 0.1) is 7.11 Å². The molecule has 132 valence electrons. The second-order valence-corrected chi connectivity index (χ2v) is 7.62. The van der Waals surface area contributed by atoms with Crippen LogP contribution in [-0.2, 0) is 9.53 Å². The average Bonchev–Trinajstić information content (AvgIpc) is 2.41. The summed E-state index contributed by atoms with van der Waals surface area (Å²) in [5.41, 5.74) is -0.287. The molecule has 1 N–H and O–H groups in total. The molecule has 1 aromatic carbocycles. The maximum absolute atomic E-state index is 12.6. The highest BCUT2D eigenvalue weighted by Gasteiger charge is 2.65. The van der Waals surface area contributed by atoms with E-state index in [0.29, 0.717) is 12.1 Å². The van der Waals surface area contributed by atoms with Crippen molar-refractivity contribution in [1.82, 2.24) is 5.32 Å². The number of benzene rings is 1. The van der Waals surface area contributed by atoms with Crippen molar-refractivity contribution in [2.75, 3.05) is 7.11 Å². The summed E-state index contributed by atoms with van der Waals surface area (Å²) < 4.78 is 67.4. The molecule has 0 spiro atoms. The first kappa shape index (κ1) is 19.2.